The number of morpholine rings is 1. The zero-order valence-corrected chi connectivity index (χ0v) is 24.8. The second-order valence-corrected chi connectivity index (χ2v) is 14.5. The molecule has 2 aromatic carbocycles. The third kappa shape index (κ3) is 5.59. The molecule has 0 saturated carbocycles. The number of halogens is 1. The fourth-order valence-electron chi connectivity index (χ4n) is 5.23. The third-order valence-corrected chi connectivity index (χ3v) is 11.6. The quantitative estimate of drug-likeness (QED) is 0.320. The minimum absolute atomic E-state index is 0.0193. The van der Waals surface area contributed by atoms with Crippen molar-refractivity contribution >= 4 is 42.8 Å². The summed E-state index contributed by atoms with van der Waals surface area (Å²) in [4.78, 5) is 20.3. The number of benzene rings is 2. The van der Waals surface area contributed by atoms with E-state index in [-0.39, 0.29) is 47.4 Å². The van der Waals surface area contributed by atoms with Crippen LogP contribution in [0.3, 0.4) is 0 Å². The molecule has 6 rings (SSSR count). The summed E-state index contributed by atoms with van der Waals surface area (Å²) in [6.45, 7) is 1.91. The van der Waals surface area contributed by atoms with E-state index in [0.717, 1.165) is 5.56 Å². The molecule has 2 aliphatic heterocycles. The Bertz CT molecular complexity index is 1880. The lowest BCUT2D eigenvalue weighted by Gasteiger charge is -2.30. The molecule has 2 fully saturated rings. The molecule has 0 unspecified atom stereocenters. The Labute approximate surface area is 247 Å². The number of H-pyrrole nitrogens is 1. The number of hydrogen-bond acceptors (Lipinski definition) is 9. The van der Waals surface area contributed by atoms with Gasteiger partial charge in [-0.1, -0.05) is 28.9 Å². The van der Waals surface area contributed by atoms with E-state index in [1.165, 1.54) is 32.9 Å². The predicted octanol–water partition coefficient (Wildman–Crippen LogP) is 1.81. The third-order valence-electron chi connectivity index (χ3n) is 7.52. The zero-order chi connectivity index (χ0) is 29.5. The monoisotopic (exact) mass is 633 g/mol. The molecule has 2 aliphatic rings. The molecule has 222 valence electrons. The van der Waals surface area contributed by atoms with Crippen LogP contribution in [0, 0.1) is 0 Å². The molecule has 42 heavy (non-hydrogen) atoms. The average Bonchev–Trinajstić information content (AvgIpc) is 3.40. The smallest absolute Gasteiger partial charge is 0.281 e. The molecule has 0 amide bonds. The van der Waals surface area contributed by atoms with Gasteiger partial charge >= 0.3 is 0 Å². The number of fused-ring (bicyclic) bond motifs is 1. The van der Waals surface area contributed by atoms with Crippen molar-refractivity contribution in [2.24, 2.45) is 0 Å². The van der Waals surface area contributed by atoms with Crippen molar-refractivity contribution in [2.75, 3.05) is 39.4 Å². The van der Waals surface area contributed by atoms with Gasteiger partial charge in [0.25, 0.3) is 5.56 Å². The molecule has 13 nitrogen and oxygen atoms in total. The van der Waals surface area contributed by atoms with Crippen molar-refractivity contribution in [1.82, 2.24) is 33.6 Å². The average molecular weight is 634 g/mol. The molecule has 0 bridgehead atoms. The van der Waals surface area contributed by atoms with Crippen LogP contribution in [0.15, 0.2) is 63.1 Å². The molecule has 4 aromatic rings. The zero-order valence-electron chi connectivity index (χ0n) is 22.4. The maximum Gasteiger partial charge on any atom is 0.281 e. The summed E-state index contributed by atoms with van der Waals surface area (Å²) in [7, 11) is -7.59. The Kier molecular flexibility index (Phi) is 7.89. The lowest BCUT2D eigenvalue weighted by molar-refractivity contribution is 0.0730. The van der Waals surface area contributed by atoms with Gasteiger partial charge in [-0.15, -0.1) is 5.10 Å². The fourth-order valence-corrected chi connectivity index (χ4v) is 8.32. The van der Waals surface area contributed by atoms with Gasteiger partial charge in [-0.05, 0) is 54.8 Å². The molecule has 2 saturated heterocycles. The van der Waals surface area contributed by atoms with Crippen molar-refractivity contribution in [3.05, 3.63) is 75.3 Å². The number of nitrogens with one attached hydrogen (secondary N) is 1. The summed E-state index contributed by atoms with van der Waals surface area (Å²) in [5.41, 5.74) is 0.938. The first-order valence-electron chi connectivity index (χ1n) is 13.4. The fraction of sp³-hybridized carbons (Fsp3) is 0.385. The van der Waals surface area contributed by atoms with Crippen molar-refractivity contribution in [3.63, 3.8) is 0 Å². The van der Waals surface area contributed by atoms with Gasteiger partial charge in [-0.3, -0.25) is 4.79 Å². The summed E-state index contributed by atoms with van der Waals surface area (Å²) in [6.07, 6.45) is 0.875. The largest absolute Gasteiger partial charge is 0.379 e. The standard InChI is InChI=1S/C26H28ClN7O6S2/c27-20-3-1-2-18(16-20)17-34-25-23(30-31-34)26(35)29-24(28-25)19-8-10-32(11-9-19)41(36,37)21-4-6-22(7-5-21)42(38,39)33-12-14-40-15-13-33/h1-7,16,19H,8-15,17H2,(H,28,29,35). The van der Waals surface area contributed by atoms with Crippen LogP contribution >= 0.6 is 11.6 Å². The number of nitrogens with zero attached hydrogens (tertiary/aromatic N) is 6. The van der Waals surface area contributed by atoms with Crippen LogP contribution in [-0.4, -0.2) is 89.8 Å². The Morgan fingerprint density at radius 2 is 1.52 bits per heavy atom. The van der Waals surface area contributed by atoms with E-state index in [9.17, 15) is 21.6 Å². The van der Waals surface area contributed by atoms with Gasteiger partial charge in [0.1, 0.15) is 5.82 Å². The molecule has 0 radical (unpaired) electrons. The highest BCUT2D eigenvalue weighted by Gasteiger charge is 2.32. The molecular weight excluding hydrogens is 606 g/mol. The Morgan fingerprint density at radius 3 is 2.14 bits per heavy atom. The molecule has 0 atom stereocenters. The Hall–Kier alpha value is -3.21. The van der Waals surface area contributed by atoms with E-state index in [1.807, 2.05) is 12.1 Å². The van der Waals surface area contributed by atoms with Gasteiger partial charge < -0.3 is 9.72 Å². The van der Waals surface area contributed by atoms with Crippen molar-refractivity contribution in [1.29, 1.82) is 0 Å². The maximum absolute atomic E-state index is 13.4. The molecule has 1 N–H and O–H groups in total. The van der Waals surface area contributed by atoms with Crippen LogP contribution in [0.5, 0.6) is 0 Å². The van der Waals surface area contributed by atoms with Gasteiger partial charge in [-0.25, -0.2) is 26.5 Å². The molecule has 0 aliphatic carbocycles. The lowest BCUT2D eigenvalue weighted by Crippen LogP contribution is -2.40. The van der Waals surface area contributed by atoms with Crippen LogP contribution in [0.1, 0.15) is 30.1 Å². The van der Waals surface area contributed by atoms with Gasteiger partial charge in [0, 0.05) is 37.1 Å². The van der Waals surface area contributed by atoms with Crippen LogP contribution in [0.2, 0.25) is 5.02 Å². The summed E-state index contributed by atoms with van der Waals surface area (Å²) in [5, 5.41) is 8.67. The molecule has 4 heterocycles. The van der Waals surface area contributed by atoms with Crippen molar-refractivity contribution < 1.29 is 21.6 Å². The van der Waals surface area contributed by atoms with Gasteiger partial charge in [-0.2, -0.15) is 8.61 Å². The first kappa shape index (κ1) is 28.9. The predicted molar refractivity (Wildman–Crippen MR) is 153 cm³/mol. The number of rotatable bonds is 7. The normalized spacial score (nSPS) is 18.0. The summed E-state index contributed by atoms with van der Waals surface area (Å²) < 4.78 is 62.0. The summed E-state index contributed by atoms with van der Waals surface area (Å²) in [5.74, 6) is 0.279. The van der Waals surface area contributed by atoms with E-state index in [0.29, 0.717) is 49.1 Å². The molecule has 16 heteroatoms. The number of piperidine rings is 1. The van der Waals surface area contributed by atoms with Gasteiger partial charge in [0.15, 0.2) is 11.2 Å². The first-order chi connectivity index (χ1) is 20.1. The van der Waals surface area contributed by atoms with Gasteiger partial charge in [0.05, 0.1) is 29.5 Å². The van der Waals surface area contributed by atoms with Crippen LogP contribution in [0.4, 0.5) is 0 Å². The topological polar surface area (TPSA) is 160 Å². The van der Waals surface area contributed by atoms with Crippen molar-refractivity contribution in [3.8, 4) is 0 Å². The maximum atomic E-state index is 13.4. The minimum Gasteiger partial charge on any atom is -0.379 e. The Morgan fingerprint density at radius 1 is 0.905 bits per heavy atom. The number of ether oxygens (including phenoxy) is 1. The molecule has 2 aromatic heterocycles. The highest BCUT2D eigenvalue weighted by Crippen LogP contribution is 2.30. The molecule has 0 spiro atoms. The van der Waals surface area contributed by atoms with E-state index >= 15 is 0 Å². The number of aromatic amines is 1. The number of sulfonamides is 2. The van der Waals surface area contributed by atoms with Gasteiger partial charge in [0.2, 0.25) is 20.0 Å². The minimum atomic E-state index is -3.86. The van der Waals surface area contributed by atoms with Crippen LogP contribution in [0.25, 0.3) is 11.2 Å². The van der Waals surface area contributed by atoms with Crippen LogP contribution < -0.4 is 5.56 Å². The summed E-state index contributed by atoms with van der Waals surface area (Å²) in [6, 6.07) is 12.6. The van der Waals surface area contributed by atoms with E-state index in [1.54, 1.807) is 16.8 Å². The lowest BCUT2D eigenvalue weighted by atomic mass is 9.97. The van der Waals surface area contributed by atoms with E-state index in [4.69, 9.17) is 16.3 Å². The SMILES string of the molecule is O=c1[nH]c(C2CCN(S(=O)(=O)c3ccc(S(=O)(=O)N4CCOCC4)cc3)CC2)nc2c1nnn2Cc1cccc(Cl)c1. The highest BCUT2D eigenvalue weighted by molar-refractivity contribution is 7.89. The second kappa shape index (κ2) is 11.5. The first-order valence-corrected chi connectivity index (χ1v) is 16.6. The molecular formula is C26H28ClN7O6S2. The van der Waals surface area contributed by atoms with E-state index in [2.05, 4.69) is 20.3 Å². The highest BCUT2D eigenvalue weighted by atomic mass is 35.5. The summed E-state index contributed by atoms with van der Waals surface area (Å²) >= 11 is 6.10. The number of hydrogen-bond donors (Lipinski definition) is 1. The number of aromatic nitrogens is 5. The Balaban J connectivity index is 1.16. The van der Waals surface area contributed by atoms with Crippen molar-refractivity contribution in [2.45, 2.75) is 35.1 Å². The van der Waals surface area contributed by atoms with E-state index < -0.39 is 25.6 Å². The second-order valence-electron chi connectivity index (χ2n) is 10.2. The van der Waals surface area contributed by atoms with Crippen LogP contribution in [-0.2, 0) is 31.3 Å².